The molecule has 0 atom stereocenters. The van der Waals surface area contributed by atoms with Crippen molar-refractivity contribution in [1.29, 1.82) is 0 Å². The SMILES string of the molecule is Cc1c(C)c2ccc(OS(=O)(=O)CCCCl)cc2oc1=O. The highest BCUT2D eigenvalue weighted by Gasteiger charge is 2.14. The van der Waals surface area contributed by atoms with Crippen LogP contribution in [0.4, 0.5) is 0 Å². The van der Waals surface area contributed by atoms with Gasteiger partial charge in [-0.2, -0.15) is 8.42 Å². The zero-order valence-corrected chi connectivity index (χ0v) is 13.3. The third-order valence-corrected chi connectivity index (χ3v) is 4.68. The number of halogens is 1. The third kappa shape index (κ3) is 3.57. The Hall–Kier alpha value is -1.53. The summed E-state index contributed by atoms with van der Waals surface area (Å²) in [5.41, 5.74) is 1.19. The van der Waals surface area contributed by atoms with E-state index in [0.29, 0.717) is 17.6 Å². The molecule has 0 bridgehead atoms. The van der Waals surface area contributed by atoms with Gasteiger partial charge in [0.05, 0.1) is 5.75 Å². The molecule has 7 heteroatoms. The van der Waals surface area contributed by atoms with Gasteiger partial charge in [0.15, 0.2) is 0 Å². The molecule has 0 unspecified atom stereocenters. The topological polar surface area (TPSA) is 73.6 Å². The molecular weight excluding hydrogens is 316 g/mol. The fourth-order valence-corrected chi connectivity index (χ4v) is 3.17. The molecule has 0 radical (unpaired) electrons. The molecule has 0 spiro atoms. The number of aryl methyl sites for hydroxylation is 1. The molecule has 2 rings (SSSR count). The van der Waals surface area contributed by atoms with Gasteiger partial charge in [-0.1, -0.05) is 0 Å². The Morgan fingerprint density at radius 2 is 1.95 bits per heavy atom. The Morgan fingerprint density at radius 3 is 2.62 bits per heavy atom. The maximum atomic E-state index is 11.7. The number of hydrogen-bond donors (Lipinski definition) is 0. The fourth-order valence-electron chi connectivity index (χ4n) is 1.90. The highest BCUT2D eigenvalue weighted by Crippen LogP contribution is 2.24. The summed E-state index contributed by atoms with van der Waals surface area (Å²) in [4.78, 5) is 11.7. The Labute approximate surface area is 127 Å². The molecule has 0 aliphatic heterocycles. The van der Waals surface area contributed by atoms with Crippen LogP contribution < -0.4 is 9.81 Å². The summed E-state index contributed by atoms with van der Waals surface area (Å²) in [6.07, 6.45) is 0.310. The van der Waals surface area contributed by atoms with Gasteiger partial charge in [0.25, 0.3) is 0 Å². The molecule has 0 fully saturated rings. The van der Waals surface area contributed by atoms with Crippen LogP contribution in [0.25, 0.3) is 11.0 Å². The van der Waals surface area contributed by atoms with Crippen molar-refractivity contribution in [3.8, 4) is 5.75 Å². The number of rotatable bonds is 5. The quantitative estimate of drug-likeness (QED) is 0.479. The van der Waals surface area contributed by atoms with Crippen LogP contribution >= 0.6 is 11.6 Å². The van der Waals surface area contributed by atoms with Gasteiger partial charge in [0.2, 0.25) is 0 Å². The standard InChI is InChI=1S/C14H15ClO5S/c1-9-10(2)14(16)19-13-8-11(4-5-12(9)13)20-21(17,18)7-3-6-15/h4-5,8H,3,6-7H2,1-2H3. The smallest absolute Gasteiger partial charge is 0.339 e. The van der Waals surface area contributed by atoms with Crippen LogP contribution in [0, 0.1) is 13.8 Å². The van der Waals surface area contributed by atoms with Gasteiger partial charge < -0.3 is 8.60 Å². The van der Waals surface area contributed by atoms with E-state index in [1.165, 1.54) is 12.1 Å². The first-order valence-corrected chi connectivity index (χ1v) is 8.47. The van der Waals surface area contributed by atoms with Crippen molar-refractivity contribution in [3.63, 3.8) is 0 Å². The average molecular weight is 331 g/mol. The molecule has 0 amide bonds. The van der Waals surface area contributed by atoms with Crippen molar-refractivity contribution in [2.75, 3.05) is 11.6 Å². The lowest BCUT2D eigenvalue weighted by atomic mass is 10.1. The van der Waals surface area contributed by atoms with E-state index in [9.17, 15) is 13.2 Å². The summed E-state index contributed by atoms with van der Waals surface area (Å²) < 4.78 is 33.6. The lowest BCUT2D eigenvalue weighted by Gasteiger charge is -2.08. The van der Waals surface area contributed by atoms with E-state index in [1.807, 2.05) is 6.92 Å². The van der Waals surface area contributed by atoms with Crippen LogP contribution in [0.1, 0.15) is 17.5 Å². The first-order valence-electron chi connectivity index (χ1n) is 6.36. The number of benzene rings is 1. The molecule has 1 heterocycles. The molecule has 0 aliphatic rings. The number of alkyl halides is 1. The van der Waals surface area contributed by atoms with Crippen LogP contribution in [0.5, 0.6) is 5.75 Å². The Balaban J connectivity index is 2.40. The third-order valence-electron chi connectivity index (χ3n) is 3.18. The van der Waals surface area contributed by atoms with Crippen LogP contribution in [-0.2, 0) is 10.1 Å². The summed E-state index contributed by atoms with van der Waals surface area (Å²) in [5.74, 6) is 0.197. The molecule has 0 saturated carbocycles. The summed E-state index contributed by atoms with van der Waals surface area (Å²) in [6.45, 7) is 3.49. The van der Waals surface area contributed by atoms with E-state index in [-0.39, 0.29) is 17.4 Å². The zero-order valence-electron chi connectivity index (χ0n) is 11.7. The second kappa shape index (κ2) is 6.07. The normalized spacial score (nSPS) is 11.8. The first-order chi connectivity index (χ1) is 9.84. The van der Waals surface area contributed by atoms with E-state index in [0.717, 1.165) is 10.9 Å². The summed E-state index contributed by atoms with van der Waals surface area (Å²) >= 11 is 5.47. The number of hydrogen-bond acceptors (Lipinski definition) is 5. The van der Waals surface area contributed by atoms with Crippen LogP contribution in [0.15, 0.2) is 27.4 Å². The van der Waals surface area contributed by atoms with Crippen molar-refractivity contribution in [2.24, 2.45) is 0 Å². The van der Waals surface area contributed by atoms with E-state index in [1.54, 1.807) is 13.0 Å². The second-order valence-electron chi connectivity index (χ2n) is 4.69. The summed E-state index contributed by atoms with van der Waals surface area (Å²) in [7, 11) is -3.70. The van der Waals surface area contributed by atoms with Gasteiger partial charge in [0.1, 0.15) is 11.3 Å². The van der Waals surface area contributed by atoms with Gasteiger partial charge in [-0.3, -0.25) is 0 Å². The lowest BCUT2D eigenvalue weighted by Crippen LogP contribution is -2.14. The maximum absolute atomic E-state index is 11.7. The van der Waals surface area contributed by atoms with E-state index in [4.69, 9.17) is 20.2 Å². The molecule has 5 nitrogen and oxygen atoms in total. The largest absolute Gasteiger partial charge is 0.422 e. The molecule has 114 valence electrons. The van der Waals surface area contributed by atoms with Gasteiger partial charge in [0, 0.05) is 22.9 Å². The van der Waals surface area contributed by atoms with Crippen LogP contribution in [0.2, 0.25) is 0 Å². The fraction of sp³-hybridized carbons (Fsp3) is 0.357. The van der Waals surface area contributed by atoms with Crippen molar-refractivity contribution in [2.45, 2.75) is 20.3 Å². The van der Waals surface area contributed by atoms with Gasteiger partial charge in [-0.05, 0) is 38.0 Å². The predicted molar refractivity (Wildman–Crippen MR) is 81.7 cm³/mol. The van der Waals surface area contributed by atoms with Crippen molar-refractivity contribution >= 4 is 32.7 Å². The van der Waals surface area contributed by atoms with Gasteiger partial charge >= 0.3 is 15.7 Å². The zero-order chi connectivity index (χ0) is 15.6. The van der Waals surface area contributed by atoms with Crippen LogP contribution in [-0.4, -0.2) is 20.1 Å². The Kier molecular flexibility index (Phi) is 4.58. The second-order valence-corrected chi connectivity index (χ2v) is 6.75. The minimum Gasteiger partial charge on any atom is -0.422 e. The number of fused-ring (bicyclic) bond motifs is 1. The molecule has 2 aromatic rings. The Morgan fingerprint density at radius 1 is 1.24 bits per heavy atom. The maximum Gasteiger partial charge on any atom is 0.339 e. The van der Waals surface area contributed by atoms with E-state index >= 15 is 0 Å². The minimum atomic E-state index is -3.70. The Bertz CT molecular complexity index is 823. The first kappa shape index (κ1) is 15.9. The summed E-state index contributed by atoms with van der Waals surface area (Å²) in [5, 5.41) is 0.748. The molecule has 0 N–H and O–H groups in total. The van der Waals surface area contributed by atoms with Gasteiger partial charge in [-0.25, -0.2) is 4.79 Å². The van der Waals surface area contributed by atoms with Gasteiger partial charge in [-0.15, -0.1) is 11.6 Å². The molecule has 1 aromatic heterocycles. The van der Waals surface area contributed by atoms with Crippen molar-refractivity contribution in [1.82, 2.24) is 0 Å². The van der Waals surface area contributed by atoms with E-state index in [2.05, 4.69) is 0 Å². The molecular formula is C14H15ClO5S. The average Bonchev–Trinajstić information content (AvgIpc) is 2.42. The van der Waals surface area contributed by atoms with Crippen molar-refractivity contribution < 1.29 is 17.0 Å². The predicted octanol–water partition coefficient (Wildman–Crippen LogP) is 2.75. The molecule has 0 aliphatic carbocycles. The highest BCUT2D eigenvalue weighted by molar-refractivity contribution is 7.87. The molecule has 21 heavy (non-hydrogen) atoms. The highest BCUT2D eigenvalue weighted by atomic mass is 35.5. The minimum absolute atomic E-state index is 0.114. The monoisotopic (exact) mass is 330 g/mol. The van der Waals surface area contributed by atoms with Crippen LogP contribution in [0.3, 0.4) is 0 Å². The van der Waals surface area contributed by atoms with E-state index < -0.39 is 15.7 Å². The van der Waals surface area contributed by atoms with Crippen molar-refractivity contribution in [3.05, 3.63) is 39.7 Å². The summed E-state index contributed by atoms with van der Waals surface area (Å²) in [6, 6.07) is 4.61. The molecule has 0 saturated heterocycles. The molecule has 1 aromatic carbocycles. The lowest BCUT2D eigenvalue weighted by molar-refractivity contribution is 0.484.